The van der Waals surface area contributed by atoms with Gasteiger partial charge in [-0.05, 0) is 61.7 Å². The minimum absolute atomic E-state index is 0.0159. The Labute approximate surface area is 199 Å². The van der Waals surface area contributed by atoms with Crippen molar-refractivity contribution < 1.29 is 13.9 Å². The summed E-state index contributed by atoms with van der Waals surface area (Å²) in [6.45, 7) is 6.83. The first-order chi connectivity index (χ1) is 15.7. The number of hydrogen-bond donors (Lipinski definition) is 1. The van der Waals surface area contributed by atoms with Crippen molar-refractivity contribution in [3.8, 4) is 17.3 Å². The highest BCUT2D eigenvalue weighted by Crippen LogP contribution is 2.33. The summed E-state index contributed by atoms with van der Waals surface area (Å²) in [5, 5.41) is 11.9. The quantitative estimate of drug-likeness (QED) is 0.545. The van der Waals surface area contributed by atoms with Crippen LogP contribution in [0, 0.1) is 17.1 Å². The van der Waals surface area contributed by atoms with Crippen LogP contribution in [0.3, 0.4) is 0 Å². The summed E-state index contributed by atoms with van der Waals surface area (Å²) in [7, 11) is 0. The van der Waals surface area contributed by atoms with Crippen LogP contribution < -0.4 is 10.2 Å². The van der Waals surface area contributed by atoms with E-state index < -0.39 is 17.5 Å². The molecule has 0 bridgehead atoms. The lowest BCUT2D eigenvalue weighted by atomic mass is 10.1. The van der Waals surface area contributed by atoms with E-state index in [0.717, 1.165) is 19.4 Å². The highest BCUT2D eigenvalue weighted by molar-refractivity contribution is 9.10. The number of amides is 1. The van der Waals surface area contributed by atoms with Crippen LogP contribution >= 0.6 is 15.9 Å². The first-order valence-electron chi connectivity index (χ1n) is 10.6. The van der Waals surface area contributed by atoms with Crippen molar-refractivity contribution in [1.29, 1.82) is 5.26 Å². The molecule has 1 atom stereocenters. The Kier molecular flexibility index (Phi) is 6.26. The predicted molar refractivity (Wildman–Crippen MR) is 125 cm³/mol. The Hall–Kier alpha value is -3.19. The average molecular weight is 515 g/mol. The minimum atomic E-state index is -0.593. The molecule has 0 spiro atoms. The zero-order chi connectivity index (χ0) is 23.8. The topological polar surface area (TPSA) is 95.5 Å². The molecule has 0 saturated carbocycles. The van der Waals surface area contributed by atoms with Gasteiger partial charge in [0, 0.05) is 37.1 Å². The van der Waals surface area contributed by atoms with Crippen LogP contribution in [-0.4, -0.2) is 45.2 Å². The second kappa shape index (κ2) is 8.98. The van der Waals surface area contributed by atoms with Crippen LogP contribution in [0.1, 0.15) is 39.2 Å². The third-order valence-corrected chi connectivity index (χ3v) is 6.03. The number of piperidine rings is 1. The molecule has 3 heterocycles. The van der Waals surface area contributed by atoms with Gasteiger partial charge in [-0.25, -0.2) is 19.2 Å². The van der Waals surface area contributed by atoms with E-state index in [1.165, 1.54) is 12.1 Å². The number of nitrogens with one attached hydrogen (secondary N) is 1. The number of fused-ring (bicyclic) bond motifs is 1. The van der Waals surface area contributed by atoms with Gasteiger partial charge in [0.05, 0.1) is 5.56 Å². The largest absolute Gasteiger partial charge is 0.444 e. The van der Waals surface area contributed by atoms with E-state index in [2.05, 4.69) is 31.1 Å². The van der Waals surface area contributed by atoms with Gasteiger partial charge in [0.25, 0.3) is 0 Å². The number of alkyl carbamates (subject to hydrolysis) is 1. The van der Waals surface area contributed by atoms with Crippen LogP contribution in [0.4, 0.5) is 15.0 Å². The Balaban J connectivity index is 1.62. The number of aromatic nitrogens is 3. The average Bonchev–Trinajstić information content (AvgIpc) is 3.09. The number of hydrogen-bond acceptors (Lipinski definition) is 6. The summed E-state index contributed by atoms with van der Waals surface area (Å²) in [5.74, 6) is 0.0821. The van der Waals surface area contributed by atoms with Crippen molar-refractivity contribution >= 4 is 33.5 Å². The maximum atomic E-state index is 14.2. The van der Waals surface area contributed by atoms with Gasteiger partial charge in [0.15, 0.2) is 11.5 Å². The molecule has 0 aliphatic carbocycles. The monoisotopic (exact) mass is 514 g/mol. The third kappa shape index (κ3) is 4.93. The zero-order valence-electron chi connectivity index (χ0n) is 18.6. The molecular formula is C23H24BrFN6O2. The molecule has 1 N–H and O–H groups in total. The number of ether oxygens (including phenoxy) is 1. The molecule has 0 unspecified atom stereocenters. The number of halogens is 2. The van der Waals surface area contributed by atoms with E-state index in [-0.39, 0.29) is 11.6 Å². The van der Waals surface area contributed by atoms with Gasteiger partial charge in [-0.3, -0.25) is 4.40 Å². The standard InChI is InChI=1S/C23H24BrFN6O2/c1-23(2,3)33-22(32)28-16-5-4-9-30(13-16)20-21-29-18(19(24)31(21)10-8-27-20)14-6-7-15(12-26)17(25)11-14/h6-8,10-11,16H,4-5,9,13H2,1-3H3,(H,28,32)/t16-/m1/s1. The molecule has 1 amide bonds. The number of benzene rings is 1. The lowest BCUT2D eigenvalue weighted by Crippen LogP contribution is -2.49. The van der Waals surface area contributed by atoms with Crippen LogP contribution in [0.25, 0.3) is 16.9 Å². The smallest absolute Gasteiger partial charge is 0.407 e. The molecule has 172 valence electrons. The number of nitriles is 1. The number of imidazole rings is 1. The highest BCUT2D eigenvalue weighted by Gasteiger charge is 2.27. The van der Waals surface area contributed by atoms with Gasteiger partial charge in [0.2, 0.25) is 0 Å². The van der Waals surface area contributed by atoms with Gasteiger partial charge < -0.3 is 15.0 Å². The molecule has 1 aliphatic rings. The molecule has 10 heteroatoms. The van der Waals surface area contributed by atoms with Gasteiger partial charge in [-0.1, -0.05) is 6.07 Å². The van der Waals surface area contributed by atoms with Crippen molar-refractivity contribution in [2.45, 2.75) is 45.3 Å². The fourth-order valence-corrected chi connectivity index (χ4v) is 4.46. The summed E-state index contributed by atoms with van der Waals surface area (Å²) < 4.78 is 22.1. The Bertz CT molecular complexity index is 1250. The summed E-state index contributed by atoms with van der Waals surface area (Å²) in [6.07, 6.45) is 4.74. The second-order valence-electron chi connectivity index (χ2n) is 8.93. The van der Waals surface area contributed by atoms with Crippen molar-refractivity contribution in [1.82, 2.24) is 19.7 Å². The van der Waals surface area contributed by atoms with Gasteiger partial charge >= 0.3 is 6.09 Å². The van der Waals surface area contributed by atoms with Gasteiger partial charge in [-0.15, -0.1) is 0 Å². The van der Waals surface area contributed by atoms with Crippen LogP contribution in [0.5, 0.6) is 0 Å². The number of carbonyl (C=O) groups excluding carboxylic acids is 1. The highest BCUT2D eigenvalue weighted by atomic mass is 79.9. The normalized spacial score (nSPS) is 16.5. The van der Waals surface area contributed by atoms with Crippen molar-refractivity contribution in [2.75, 3.05) is 18.0 Å². The fourth-order valence-electron chi connectivity index (χ4n) is 3.86. The van der Waals surface area contributed by atoms with E-state index in [9.17, 15) is 9.18 Å². The molecular weight excluding hydrogens is 491 g/mol. The number of anilines is 1. The molecule has 1 saturated heterocycles. The number of nitrogens with zero attached hydrogens (tertiary/aromatic N) is 5. The predicted octanol–water partition coefficient (Wildman–Crippen LogP) is 4.66. The Morgan fingerprint density at radius 3 is 2.88 bits per heavy atom. The van der Waals surface area contributed by atoms with Crippen LogP contribution in [0.2, 0.25) is 0 Å². The Morgan fingerprint density at radius 2 is 2.18 bits per heavy atom. The van der Waals surface area contributed by atoms with E-state index in [1.54, 1.807) is 18.5 Å². The maximum absolute atomic E-state index is 14.2. The van der Waals surface area contributed by atoms with Gasteiger partial charge in [0.1, 0.15) is 27.8 Å². The molecule has 8 nitrogen and oxygen atoms in total. The Morgan fingerprint density at radius 1 is 1.39 bits per heavy atom. The molecule has 3 aromatic rings. The van der Waals surface area contributed by atoms with Crippen molar-refractivity contribution in [2.24, 2.45) is 0 Å². The maximum Gasteiger partial charge on any atom is 0.407 e. The summed E-state index contributed by atoms with van der Waals surface area (Å²) >= 11 is 3.57. The summed E-state index contributed by atoms with van der Waals surface area (Å²) in [5.41, 5.74) is 1.14. The van der Waals surface area contributed by atoms with E-state index in [1.807, 2.05) is 31.2 Å². The number of rotatable bonds is 3. The van der Waals surface area contributed by atoms with Crippen molar-refractivity contribution in [3.05, 3.63) is 46.6 Å². The van der Waals surface area contributed by atoms with Crippen LogP contribution in [0.15, 0.2) is 35.2 Å². The third-order valence-electron chi connectivity index (χ3n) is 5.27. The summed E-state index contributed by atoms with van der Waals surface area (Å²) in [6, 6.07) is 6.16. The zero-order valence-corrected chi connectivity index (χ0v) is 20.2. The molecule has 2 aromatic heterocycles. The SMILES string of the molecule is CC(C)(C)OC(=O)N[C@@H]1CCCN(c2nccn3c(Br)c(-c4ccc(C#N)c(F)c4)nc23)C1. The molecule has 1 aliphatic heterocycles. The molecule has 1 aromatic carbocycles. The first-order valence-corrected chi connectivity index (χ1v) is 11.4. The summed E-state index contributed by atoms with van der Waals surface area (Å²) in [4.78, 5) is 23.6. The van der Waals surface area contributed by atoms with Crippen LogP contribution in [-0.2, 0) is 4.74 Å². The fraction of sp³-hybridized carbons (Fsp3) is 0.391. The van der Waals surface area contributed by atoms with E-state index in [0.29, 0.717) is 33.9 Å². The molecule has 4 rings (SSSR count). The lowest BCUT2D eigenvalue weighted by Gasteiger charge is -2.34. The van der Waals surface area contributed by atoms with E-state index >= 15 is 0 Å². The molecule has 1 fully saturated rings. The van der Waals surface area contributed by atoms with Crippen molar-refractivity contribution in [3.63, 3.8) is 0 Å². The minimum Gasteiger partial charge on any atom is -0.444 e. The van der Waals surface area contributed by atoms with E-state index in [4.69, 9.17) is 15.0 Å². The molecule has 0 radical (unpaired) electrons. The lowest BCUT2D eigenvalue weighted by molar-refractivity contribution is 0.0500. The number of carbonyl (C=O) groups is 1. The molecule has 33 heavy (non-hydrogen) atoms. The van der Waals surface area contributed by atoms with Gasteiger partial charge in [-0.2, -0.15) is 5.26 Å². The first kappa shape index (κ1) is 23.0. The second-order valence-corrected chi connectivity index (χ2v) is 9.68.